The zero-order chi connectivity index (χ0) is 57.0. The molecule has 0 unspecified atom stereocenters. The van der Waals surface area contributed by atoms with Gasteiger partial charge in [-0.3, -0.25) is 0 Å². The molecule has 2 N–H and O–H groups in total. The smallest absolute Gasteiger partial charge is 0.127 e. The van der Waals surface area contributed by atoms with Gasteiger partial charge < -0.3 is 53.1 Å². The SMILES string of the molecule is COCCOCCCC1(CCCOCCOC)c2cc(Cc3ccc(-c4cc5c(cc4OC)-c4ccc(C)cc4C5(CCCOCCOC)CCCOCCOC)cc3)ccc2-c2cc(C)c(-c3cc(C)cc(OCCCN)c3)cc21. The number of nitrogens with two attached hydrogens (primary N) is 1. The fourth-order valence-corrected chi connectivity index (χ4v) is 12.6. The van der Waals surface area contributed by atoms with Gasteiger partial charge in [0.15, 0.2) is 0 Å². The van der Waals surface area contributed by atoms with Crippen molar-refractivity contribution in [3.8, 4) is 56.0 Å². The van der Waals surface area contributed by atoms with E-state index in [1.807, 2.05) is 0 Å². The zero-order valence-corrected chi connectivity index (χ0v) is 49.9. The van der Waals surface area contributed by atoms with Gasteiger partial charge in [0.05, 0.1) is 66.6 Å². The van der Waals surface area contributed by atoms with Crippen LogP contribution in [0.25, 0.3) is 44.5 Å². The second kappa shape index (κ2) is 30.7. The van der Waals surface area contributed by atoms with Crippen LogP contribution in [0.3, 0.4) is 0 Å². The largest absolute Gasteiger partial charge is 0.496 e. The van der Waals surface area contributed by atoms with Gasteiger partial charge in [0, 0.05) is 71.3 Å². The van der Waals surface area contributed by atoms with Crippen molar-refractivity contribution in [2.24, 2.45) is 5.73 Å². The molecule has 0 aliphatic heterocycles. The number of aryl methyl sites for hydroxylation is 3. The molecule has 0 aromatic heterocycles. The number of ether oxygens (including phenoxy) is 10. The lowest BCUT2D eigenvalue weighted by Crippen LogP contribution is -2.27. The quantitative estimate of drug-likeness (QED) is 0.0376. The van der Waals surface area contributed by atoms with Gasteiger partial charge >= 0.3 is 0 Å². The van der Waals surface area contributed by atoms with Crippen molar-refractivity contribution in [3.05, 3.63) is 153 Å². The van der Waals surface area contributed by atoms with Crippen LogP contribution < -0.4 is 15.2 Å². The monoisotopic (exact) mass is 1110 g/mol. The van der Waals surface area contributed by atoms with Gasteiger partial charge in [0.1, 0.15) is 11.5 Å². The molecule has 11 nitrogen and oxygen atoms in total. The first-order chi connectivity index (χ1) is 39.6. The van der Waals surface area contributed by atoms with E-state index in [0.29, 0.717) is 92.4 Å². The first kappa shape index (κ1) is 61.6. The molecule has 6 aromatic rings. The van der Waals surface area contributed by atoms with Crippen LogP contribution in [0, 0.1) is 20.8 Å². The molecule has 0 atom stereocenters. The van der Waals surface area contributed by atoms with E-state index in [-0.39, 0.29) is 10.8 Å². The summed E-state index contributed by atoms with van der Waals surface area (Å²) in [6, 6.07) is 39.6. The maximum absolute atomic E-state index is 6.29. The third kappa shape index (κ3) is 15.0. The summed E-state index contributed by atoms with van der Waals surface area (Å²) in [4.78, 5) is 0. The van der Waals surface area contributed by atoms with E-state index in [2.05, 4.69) is 124 Å². The maximum atomic E-state index is 6.29. The lowest BCUT2D eigenvalue weighted by atomic mass is 9.70. The Bertz CT molecular complexity index is 2900. The summed E-state index contributed by atoms with van der Waals surface area (Å²) in [5.41, 5.74) is 26.8. The summed E-state index contributed by atoms with van der Waals surface area (Å²) >= 11 is 0. The molecule has 0 bridgehead atoms. The van der Waals surface area contributed by atoms with Gasteiger partial charge in [-0.15, -0.1) is 0 Å². The zero-order valence-electron chi connectivity index (χ0n) is 49.9. The third-order valence-corrected chi connectivity index (χ3v) is 16.6. The molecular weight excluding hydrogens is 1010 g/mol. The highest BCUT2D eigenvalue weighted by Gasteiger charge is 2.45. The predicted molar refractivity (Wildman–Crippen MR) is 327 cm³/mol. The number of methoxy groups -OCH3 is 5. The van der Waals surface area contributed by atoms with Gasteiger partial charge in [-0.25, -0.2) is 0 Å². The van der Waals surface area contributed by atoms with Crippen molar-refractivity contribution in [3.63, 3.8) is 0 Å². The first-order valence-corrected chi connectivity index (χ1v) is 29.6. The second-order valence-corrected chi connectivity index (χ2v) is 22.1. The number of benzene rings is 6. The predicted octanol–water partition coefficient (Wildman–Crippen LogP) is 13.6. The molecule has 81 heavy (non-hydrogen) atoms. The standard InChI is InChI=1S/C70H91NO10/c1-50-14-20-58-63-49-68(76-8)61(48-67(63)69(64(58)42-50,22-9-27-77-36-32-72-4)23-10-28-78-37-33-73-5)55-18-15-53(16-19-55)44-54-17-21-59-62-43-52(3)60(56-40-51(2)41-57(46-56)81-31-13-26-71)47-66(62)70(65(59)45-54,24-11-29-79-38-34-74-6)25-12-30-80-39-35-75-7/h14-21,40-43,45-49H,9-13,22-39,44,71H2,1-8H3. The van der Waals surface area contributed by atoms with Gasteiger partial charge in [-0.1, -0.05) is 78.4 Å². The minimum absolute atomic E-state index is 0.229. The molecule has 0 fully saturated rings. The van der Waals surface area contributed by atoms with E-state index in [9.17, 15) is 0 Å². The number of fused-ring (bicyclic) bond motifs is 6. The molecule has 436 valence electrons. The molecule has 0 amide bonds. The number of hydrogen-bond donors (Lipinski definition) is 1. The van der Waals surface area contributed by atoms with E-state index >= 15 is 0 Å². The fraction of sp³-hybridized carbons (Fsp3) is 0.486. The number of rotatable bonds is 37. The van der Waals surface area contributed by atoms with E-state index in [1.54, 1.807) is 35.5 Å². The van der Waals surface area contributed by atoms with Crippen molar-refractivity contribution < 1.29 is 47.4 Å². The van der Waals surface area contributed by atoms with Crippen LogP contribution in [0.1, 0.15) is 108 Å². The lowest BCUT2D eigenvalue weighted by Gasteiger charge is -2.33. The van der Waals surface area contributed by atoms with E-state index in [1.165, 1.54) is 72.3 Å². The summed E-state index contributed by atoms with van der Waals surface area (Å²) in [6.07, 6.45) is 8.99. The van der Waals surface area contributed by atoms with Crippen LogP contribution in [0.5, 0.6) is 11.5 Å². The van der Waals surface area contributed by atoms with E-state index < -0.39 is 0 Å². The Balaban J connectivity index is 1.14. The van der Waals surface area contributed by atoms with Crippen molar-refractivity contribution in [2.45, 2.75) is 95.8 Å². The minimum Gasteiger partial charge on any atom is -0.496 e. The average molecular weight is 1110 g/mol. The summed E-state index contributed by atoms with van der Waals surface area (Å²) in [7, 11) is 8.67. The van der Waals surface area contributed by atoms with Crippen molar-refractivity contribution in [2.75, 3.05) is 128 Å². The molecule has 8 rings (SSSR count). The van der Waals surface area contributed by atoms with Crippen LogP contribution in [0.4, 0.5) is 0 Å². The highest BCUT2D eigenvalue weighted by atomic mass is 16.5. The van der Waals surface area contributed by atoms with E-state index in [4.69, 9.17) is 53.1 Å². The molecule has 0 saturated carbocycles. The molecule has 0 spiro atoms. The molecule has 0 heterocycles. The van der Waals surface area contributed by atoms with Crippen LogP contribution in [0.2, 0.25) is 0 Å². The van der Waals surface area contributed by atoms with Crippen LogP contribution in [0.15, 0.2) is 103 Å². The molecule has 2 aliphatic carbocycles. The fourth-order valence-electron chi connectivity index (χ4n) is 12.6. The summed E-state index contributed by atoms with van der Waals surface area (Å²) < 4.78 is 58.3. The van der Waals surface area contributed by atoms with Crippen molar-refractivity contribution in [1.29, 1.82) is 0 Å². The van der Waals surface area contributed by atoms with Crippen molar-refractivity contribution in [1.82, 2.24) is 0 Å². The Labute approximate surface area is 484 Å². The third-order valence-electron chi connectivity index (χ3n) is 16.6. The maximum Gasteiger partial charge on any atom is 0.127 e. The molecule has 6 aromatic carbocycles. The van der Waals surface area contributed by atoms with Crippen LogP contribution in [-0.4, -0.2) is 128 Å². The molecule has 2 aliphatic rings. The normalized spacial score (nSPS) is 13.5. The minimum atomic E-state index is -0.279. The molecule has 0 saturated heterocycles. The Morgan fingerprint density at radius 2 is 0.864 bits per heavy atom. The van der Waals surface area contributed by atoms with E-state index in [0.717, 1.165) is 98.0 Å². The highest BCUT2D eigenvalue weighted by molar-refractivity contribution is 5.88. The van der Waals surface area contributed by atoms with Gasteiger partial charge in [-0.2, -0.15) is 0 Å². The van der Waals surface area contributed by atoms with Gasteiger partial charge in [-0.05, 0) is 205 Å². The van der Waals surface area contributed by atoms with Crippen LogP contribution in [-0.2, 0) is 55.1 Å². The first-order valence-electron chi connectivity index (χ1n) is 29.6. The summed E-state index contributed by atoms with van der Waals surface area (Å²) in [6.45, 7) is 15.1. The topological polar surface area (TPSA) is 118 Å². The van der Waals surface area contributed by atoms with Crippen LogP contribution >= 0.6 is 0 Å². The Morgan fingerprint density at radius 1 is 0.370 bits per heavy atom. The highest BCUT2D eigenvalue weighted by Crippen LogP contribution is 2.58. The Hall–Kier alpha value is -5.44. The number of hydrogen-bond acceptors (Lipinski definition) is 11. The Kier molecular flexibility index (Phi) is 23.4. The molecule has 0 radical (unpaired) electrons. The average Bonchev–Trinajstić information content (AvgIpc) is 2.40. The summed E-state index contributed by atoms with van der Waals surface area (Å²) in [5.74, 6) is 1.74. The van der Waals surface area contributed by atoms with Gasteiger partial charge in [0.2, 0.25) is 0 Å². The van der Waals surface area contributed by atoms with Crippen molar-refractivity contribution >= 4 is 0 Å². The molecule has 11 heteroatoms. The van der Waals surface area contributed by atoms with Gasteiger partial charge in [0.25, 0.3) is 0 Å². The Morgan fingerprint density at radius 3 is 1.40 bits per heavy atom. The summed E-state index contributed by atoms with van der Waals surface area (Å²) in [5, 5.41) is 0. The second-order valence-electron chi connectivity index (χ2n) is 22.1. The molecular formula is C70H91NO10. The lowest BCUT2D eigenvalue weighted by molar-refractivity contribution is 0.0629.